The van der Waals surface area contributed by atoms with Crippen molar-refractivity contribution in [3.05, 3.63) is 35.6 Å². The van der Waals surface area contributed by atoms with E-state index in [9.17, 15) is 4.39 Å². The van der Waals surface area contributed by atoms with E-state index < -0.39 is 0 Å². The molecule has 0 aliphatic carbocycles. The second-order valence-electron chi connectivity index (χ2n) is 5.77. The molecule has 0 bridgehead atoms. The Kier molecular flexibility index (Phi) is 4.94. The number of rotatable bonds is 4. The summed E-state index contributed by atoms with van der Waals surface area (Å²) in [5, 5.41) is 0. The molecule has 0 radical (unpaired) electrons. The Morgan fingerprint density at radius 1 is 1.37 bits per heavy atom. The summed E-state index contributed by atoms with van der Waals surface area (Å²) in [6.07, 6.45) is 3.79. The van der Waals surface area contributed by atoms with Crippen LogP contribution in [0.15, 0.2) is 24.3 Å². The van der Waals surface area contributed by atoms with Gasteiger partial charge in [-0.15, -0.1) is 0 Å². The van der Waals surface area contributed by atoms with Gasteiger partial charge < -0.3 is 5.73 Å². The van der Waals surface area contributed by atoms with Crippen LogP contribution in [0.2, 0.25) is 0 Å². The van der Waals surface area contributed by atoms with Gasteiger partial charge in [-0.25, -0.2) is 4.39 Å². The SMILES string of the molecule is CCC1CCCN(C(c2ccc(F)cc2)C(C)N)C1. The number of benzene rings is 1. The fourth-order valence-electron chi connectivity index (χ4n) is 3.19. The van der Waals surface area contributed by atoms with Crippen LogP contribution in [-0.4, -0.2) is 24.0 Å². The molecule has 0 amide bonds. The summed E-state index contributed by atoms with van der Waals surface area (Å²) in [6, 6.07) is 7.08. The molecule has 1 heterocycles. The van der Waals surface area contributed by atoms with Crippen LogP contribution in [0.5, 0.6) is 0 Å². The summed E-state index contributed by atoms with van der Waals surface area (Å²) >= 11 is 0. The molecule has 106 valence electrons. The normalized spacial score (nSPS) is 24.1. The van der Waals surface area contributed by atoms with Gasteiger partial charge in [-0.3, -0.25) is 4.90 Å². The molecule has 1 aliphatic heterocycles. The number of piperidine rings is 1. The molecule has 2 rings (SSSR count). The molecule has 3 atom stereocenters. The number of nitrogens with zero attached hydrogens (tertiary/aromatic N) is 1. The first-order valence-electron chi connectivity index (χ1n) is 7.37. The Bertz CT molecular complexity index is 388. The quantitative estimate of drug-likeness (QED) is 0.903. The fourth-order valence-corrected chi connectivity index (χ4v) is 3.19. The van der Waals surface area contributed by atoms with Gasteiger partial charge in [-0.05, 0) is 49.9 Å². The van der Waals surface area contributed by atoms with E-state index in [1.54, 1.807) is 0 Å². The maximum Gasteiger partial charge on any atom is 0.123 e. The molecule has 0 saturated carbocycles. The van der Waals surface area contributed by atoms with Crippen LogP contribution in [0, 0.1) is 11.7 Å². The van der Waals surface area contributed by atoms with Crippen molar-refractivity contribution in [3.8, 4) is 0 Å². The smallest absolute Gasteiger partial charge is 0.123 e. The van der Waals surface area contributed by atoms with E-state index in [2.05, 4.69) is 11.8 Å². The summed E-state index contributed by atoms with van der Waals surface area (Å²) in [6.45, 7) is 6.51. The predicted octanol–water partition coefficient (Wildman–Crippen LogP) is 3.34. The summed E-state index contributed by atoms with van der Waals surface area (Å²) in [7, 11) is 0. The Morgan fingerprint density at radius 2 is 2.05 bits per heavy atom. The van der Waals surface area contributed by atoms with E-state index in [1.807, 2.05) is 19.1 Å². The Balaban J connectivity index is 2.17. The van der Waals surface area contributed by atoms with Crippen molar-refractivity contribution in [2.75, 3.05) is 13.1 Å². The van der Waals surface area contributed by atoms with Crippen molar-refractivity contribution < 1.29 is 4.39 Å². The van der Waals surface area contributed by atoms with Crippen molar-refractivity contribution in [3.63, 3.8) is 0 Å². The number of halogens is 1. The lowest BCUT2D eigenvalue weighted by Crippen LogP contribution is -2.44. The van der Waals surface area contributed by atoms with Gasteiger partial charge in [0.15, 0.2) is 0 Å². The lowest BCUT2D eigenvalue weighted by Gasteiger charge is -2.40. The Labute approximate surface area is 115 Å². The maximum atomic E-state index is 13.1. The third-order valence-electron chi connectivity index (χ3n) is 4.23. The zero-order chi connectivity index (χ0) is 13.8. The van der Waals surface area contributed by atoms with Crippen LogP contribution >= 0.6 is 0 Å². The highest BCUT2D eigenvalue weighted by atomic mass is 19.1. The Hall–Kier alpha value is -0.930. The van der Waals surface area contributed by atoms with E-state index in [-0.39, 0.29) is 17.9 Å². The number of nitrogens with two attached hydrogens (primary N) is 1. The first-order chi connectivity index (χ1) is 9.11. The van der Waals surface area contributed by atoms with Crippen LogP contribution < -0.4 is 5.73 Å². The van der Waals surface area contributed by atoms with Gasteiger partial charge in [0.05, 0.1) is 0 Å². The highest BCUT2D eigenvalue weighted by Crippen LogP contribution is 2.30. The van der Waals surface area contributed by atoms with Crippen LogP contribution in [0.1, 0.15) is 44.7 Å². The van der Waals surface area contributed by atoms with E-state index in [0.29, 0.717) is 0 Å². The molecule has 1 aliphatic rings. The molecule has 3 unspecified atom stereocenters. The van der Waals surface area contributed by atoms with E-state index >= 15 is 0 Å². The number of hydrogen-bond donors (Lipinski definition) is 1. The molecule has 19 heavy (non-hydrogen) atoms. The van der Waals surface area contributed by atoms with Gasteiger partial charge in [0.25, 0.3) is 0 Å². The average molecular weight is 264 g/mol. The molecule has 0 spiro atoms. The average Bonchev–Trinajstić information content (AvgIpc) is 2.41. The van der Waals surface area contributed by atoms with Crippen molar-refractivity contribution in [2.24, 2.45) is 11.7 Å². The van der Waals surface area contributed by atoms with E-state index in [1.165, 1.54) is 31.4 Å². The van der Waals surface area contributed by atoms with Gasteiger partial charge in [-0.2, -0.15) is 0 Å². The van der Waals surface area contributed by atoms with E-state index in [0.717, 1.165) is 24.6 Å². The second kappa shape index (κ2) is 6.49. The molecular formula is C16H25FN2. The van der Waals surface area contributed by atoms with Crippen LogP contribution in [0.4, 0.5) is 4.39 Å². The standard InChI is InChI=1S/C16H25FN2/c1-3-13-5-4-10-19(11-13)16(12(2)18)14-6-8-15(17)9-7-14/h6-9,12-13,16H,3-5,10-11,18H2,1-2H3. The maximum absolute atomic E-state index is 13.1. The van der Waals surface area contributed by atoms with Crippen molar-refractivity contribution in [1.82, 2.24) is 4.90 Å². The Morgan fingerprint density at radius 3 is 2.63 bits per heavy atom. The minimum atomic E-state index is -0.183. The van der Waals surface area contributed by atoms with Crippen molar-refractivity contribution >= 4 is 0 Å². The predicted molar refractivity (Wildman–Crippen MR) is 77.4 cm³/mol. The monoisotopic (exact) mass is 264 g/mol. The molecule has 1 saturated heterocycles. The molecule has 3 heteroatoms. The van der Waals surface area contributed by atoms with Gasteiger partial charge in [0.2, 0.25) is 0 Å². The summed E-state index contributed by atoms with van der Waals surface area (Å²) in [5.41, 5.74) is 7.32. The van der Waals surface area contributed by atoms with E-state index in [4.69, 9.17) is 5.73 Å². The van der Waals surface area contributed by atoms with Crippen molar-refractivity contribution in [2.45, 2.75) is 45.2 Å². The molecule has 1 aromatic rings. The van der Waals surface area contributed by atoms with Gasteiger partial charge in [-0.1, -0.05) is 25.5 Å². The third-order valence-corrected chi connectivity index (χ3v) is 4.23. The topological polar surface area (TPSA) is 29.3 Å². The fraction of sp³-hybridized carbons (Fsp3) is 0.625. The molecule has 1 fully saturated rings. The zero-order valence-electron chi connectivity index (χ0n) is 12.0. The minimum Gasteiger partial charge on any atom is -0.326 e. The highest BCUT2D eigenvalue weighted by Gasteiger charge is 2.28. The van der Waals surface area contributed by atoms with Gasteiger partial charge in [0.1, 0.15) is 5.82 Å². The largest absolute Gasteiger partial charge is 0.326 e. The highest BCUT2D eigenvalue weighted by molar-refractivity contribution is 5.21. The molecule has 2 N–H and O–H groups in total. The summed E-state index contributed by atoms with van der Waals surface area (Å²) < 4.78 is 13.1. The lowest BCUT2D eigenvalue weighted by atomic mass is 9.91. The lowest BCUT2D eigenvalue weighted by molar-refractivity contribution is 0.108. The zero-order valence-corrected chi connectivity index (χ0v) is 12.0. The van der Waals surface area contributed by atoms with Crippen molar-refractivity contribution in [1.29, 1.82) is 0 Å². The first kappa shape index (κ1) is 14.5. The number of hydrogen-bond acceptors (Lipinski definition) is 2. The molecule has 2 nitrogen and oxygen atoms in total. The number of likely N-dealkylation sites (tertiary alicyclic amines) is 1. The molecule has 1 aromatic carbocycles. The minimum absolute atomic E-state index is 0.0565. The van der Waals surface area contributed by atoms with Crippen LogP contribution in [0.25, 0.3) is 0 Å². The molecular weight excluding hydrogens is 239 g/mol. The third kappa shape index (κ3) is 3.54. The first-order valence-corrected chi connectivity index (χ1v) is 7.37. The van der Waals surface area contributed by atoms with Crippen LogP contribution in [0.3, 0.4) is 0 Å². The molecule has 0 aromatic heterocycles. The summed E-state index contributed by atoms with van der Waals surface area (Å²) in [5.74, 6) is 0.590. The van der Waals surface area contributed by atoms with Gasteiger partial charge in [0, 0.05) is 18.6 Å². The van der Waals surface area contributed by atoms with Crippen LogP contribution in [-0.2, 0) is 0 Å². The van der Waals surface area contributed by atoms with Gasteiger partial charge >= 0.3 is 0 Å². The second-order valence-corrected chi connectivity index (χ2v) is 5.77. The summed E-state index contributed by atoms with van der Waals surface area (Å²) in [4.78, 5) is 2.48.